The first-order valence-electron chi connectivity index (χ1n) is 7.69. The summed E-state index contributed by atoms with van der Waals surface area (Å²) in [7, 11) is 3.49. The van der Waals surface area contributed by atoms with Crippen LogP contribution in [0.25, 0.3) is 0 Å². The summed E-state index contributed by atoms with van der Waals surface area (Å²) in [5, 5.41) is 11.4. The van der Waals surface area contributed by atoms with Gasteiger partial charge in [-0.15, -0.1) is 10.2 Å². The predicted molar refractivity (Wildman–Crippen MR) is 90.4 cm³/mol. The van der Waals surface area contributed by atoms with Crippen molar-refractivity contribution in [1.29, 1.82) is 0 Å². The van der Waals surface area contributed by atoms with Gasteiger partial charge in [0.1, 0.15) is 17.8 Å². The molecule has 0 spiro atoms. The zero-order valence-electron chi connectivity index (χ0n) is 13.7. The lowest BCUT2D eigenvalue weighted by Gasteiger charge is -2.25. The molecule has 1 amide bonds. The zero-order chi connectivity index (χ0) is 16.9. The van der Waals surface area contributed by atoms with E-state index in [0.29, 0.717) is 18.9 Å². The highest BCUT2D eigenvalue weighted by Gasteiger charge is 2.21. The monoisotopic (exact) mass is 348 g/mol. The molecular formula is C16H20N4O3S. The minimum absolute atomic E-state index is 0.0106. The molecule has 0 aliphatic carbocycles. The molecule has 8 heteroatoms. The fraction of sp³-hybridized carbons (Fsp3) is 0.438. The Morgan fingerprint density at radius 2 is 2.42 bits per heavy atom. The van der Waals surface area contributed by atoms with Crippen molar-refractivity contribution in [1.82, 2.24) is 20.1 Å². The van der Waals surface area contributed by atoms with E-state index in [0.717, 1.165) is 28.6 Å². The summed E-state index contributed by atoms with van der Waals surface area (Å²) in [6, 6.07) is 5.86. The summed E-state index contributed by atoms with van der Waals surface area (Å²) in [6.07, 6.45) is 2.50. The fourth-order valence-corrected chi connectivity index (χ4v) is 3.23. The molecule has 0 unspecified atom stereocenters. The molecule has 1 aliphatic rings. The van der Waals surface area contributed by atoms with Crippen LogP contribution in [-0.2, 0) is 18.3 Å². The van der Waals surface area contributed by atoms with Crippen LogP contribution < -0.4 is 14.8 Å². The van der Waals surface area contributed by atoms with E-state index >= 15 is 0 Å². The van der Waals surface area contributed by atoms with Crippen molar-refractivity contribution in [2.24, 2.45) is 13.0 Å². The molecule has 0 saturated heterocycles. The minimum atomic E-state index is -0.0106. The molecule has 1 aromatic carbocycles. The largest absolute Gasteiger partial charge is 0.497 e. The van der Waals surface area contributed by atoms with Crippen LogP contribution in [0.2, 0.25) is 0 Å². The van der Waals surface area contributed by atoms with Gasteiger partial charge < -0.3 is 19.4 Å². The van der Waals surface area contributed by atoms with E-state index in [9.17, 15) is 4.79 Å². The molecule has 1 N–H and O–H groups in total. The van der Waals surface area contributed by atoms with E-state index in [-0.39, 0.29) is 11.8 Å². The minimum Gasteiger partial charge on any atom is -0.497 e. The van der Waals surface area contributed by atoms with Crippen LogP contribution in [0, 0.1) is 5.92 Å². The van der Waals surface area contributed by atoms with Crippen LogP contribution in [0.3, 0.4) is 0 Å². The first-order valence-corrected chi connectivity index (χ1v) is 8.67. The Balaban J connectivity index is 1.45. The molecule has 128 valence electrons. The number of nitrogens with zero attached hydrogens (tertiary/aromatic N) is 3. The number of thioether (sulfide) groups is 1. The van der Waals surface area contributed by atoms with Crippen molar-refractivity contribution in [3.8, 4) is 11.5 Å². The molecule has 0 bridgehead atoms. The maximum atomic E-state index is 12.0. The molecule has 1 atom stereocenters. The van der Waals surface area contributed by atoms with Crippen LogP contribution in [0.15, 0.2) is 29.7 Å². The molecule has 3 rings (SSSR count). The Bertz CT molecular complexity index is 719. The number of fused-ring (bicyclic) bond motifs is 1. The quantitative estimate of drug-likeness (QED) is 0.793. The lowest BCUT2D eigenvalue weighted by atomic mass is 9.96. The van der Waals surface area contributed by atoms with E-state index in [4.69, 9.17) is 9.47 Å². The standard InChI is InChI=1S/C16H20N4O3S/c1-20-10-18-19-16(20)24-9-15(21)17-7-11-5-12-3-4-13(22-2)6-14(12)23-8-11/h3-4,6,10-11H,5,7-9H2,1-2H3,(H,17,21)/t11-/m1/s1. The van der Waals surface area contributed by atoms with Gasteiger partial charge in [0.25, 0.3) is 0 Å². The van der Waals surface area contributed by atoms with Crippen LogP contribution in [-0.4, -0.2) is 46.7 Å². The second-order valence-electron chi connectivity index (χ2n) is 5.67. The number of hydrogen-bond acceptors (Lipinski definition) is 6. The lowest BCUT2D eigenvalue weighted by molar-refractivity contribution is -0.118. The Hall–Kier alpha value is -2.22. The van der Waals surface area contributed by atoms with Crippen molar-refractivity contribution in [2.45, 2.75) is 11.6 Å². The van der Waals surface area contributed by atoms with Crippen LogP contribution in [0.4, 0.5) is 0 Å². The second-order valence-corrected chi connectivity index (χ2v) is 6.61. The Morgan fingerprint density at radius 1 is 1.54 bits per heavy atom. The molecule has 0 radical (unpaired) electrons. The molecule has 1 aliphatic heterocycles. The number of nitrogens with one attached hydrogen (secondary N) is 1. The molecule has 2 heterocycles. The fourth-order valence-electron chi connectivity index (χ4n) is 2.52. The third kappa shape index (κ3) is 4.00. The van der Waals surface area contributed by atoms with Gasteiger partial charge in [0.05, 0.1) is 19.5 Å². The predicted octanol–water partition coefficient (Wildman–Crippen LogP) is 1.28. The normalized spacial score (nSPS) is 16.2. The Morgan fingerprint density at radius 3 is 3.17 bits per heavy atom. The molecule has 2 aromatic rings. The average Bonchev–Trinajstić information content (AvgIpc) is 3.02. The van der Waals surface area contributed by atoms with Crippen LogP contribution in [0.5, 0.6) is 11.5 Å². The zero-order valence-corrected chi connectivity index (χ0v) is 14.5. The van der Waals surface area contributed by atoms with E-state index in [1.54, 1.807) is 18.0 Å². The van der Waals surface area contributed by atoms with E-state index < -0.39 is 0 Å². The highest BCUT2D eigenvalue weighted by Crippen LogP contribution is 2.30. The first-order chi connectivity index (χ1) is 11.7. The number of benzene rings is 1. The number of carbonyl (C=O) groups excluding carboxylic acids is 1. The molecule has 0 fully saturated rings. The third-order valence-electron chi connectivity index (χ3n) is 3.85. The van der Waals surface area contributed by atoms with E-state index in [2.05, 4.69) is 15.5 Å². The number of amides is 1. The van der Waals surface area contributed by atoms with Gasteiger partial charge in [-0.3, -0.25) is 4.79 Å². The molecular weight excluding hydrogens is 328 g/mol. The Labute approximate surface area is 144 Å². The summed E-state index contributed by atoms with van der Waals surface area (Å²) in [4.78, 5) is 12.0. The Kier molecular flexibility index (Phi) is 5.24. The smallest absolute Gasteiger partial charge is 0.230 e. The van der Waals surface area contributed by atoms with Crippen molar-refractivity contribution in [2.75, 3.05) is 26.0 Å². The highest BCUT2D eigenvalue weighted by atomic mass is 32.2. The van der Waals surface area contributed by atoms with Gasteiger partial charge >= 0.3 is 0 Å². The van der Waals surface area contributed by atoms with Crippen molar-refractivity contribution in [3.05, 3.63) is 30.1 Å². The number of ether oxygens (including phenoxy) is 2. The second kappa shape index (κ2) is 7.57. The maximum Gasteiger partial charge on any atom is 0.230 e. The number of methoxy groups -OCH3 is 1. The maximum absolute atomic E-state index is 12.0. The summed E-state index contributed by atoms with van der Waals surface area (Å²) >= 11 is 1.37. The van der Waals surface area contributed by atoms with Crippen molar-refractivity contribution >= 4 is 17.7 Å². The van der Waals surface area contributed by atoms with Crippen molar-refractivity contribution < 1.29 is 14.3 Å². The number of aromatic nitrogens is 3. The average molecular weight is 348 g/mol. The van der Waals surface area contributed by atoms with Gasteiger partial charge in [-0.2, -0.15) is 0 Å². The number of hydrogen-bond donors (Lipinski definition) is 1. The number of carbonyl (C=O) groups is 1. The lowest BCUT2D eigenvalue weighted by Crippen LogP contribution is -2.35. The van der Waals surface area contributed by atoms with Gasteiger partial charge in [-0.25, -0.2) is 0 Å². The molecule has 24 heavy (non-hydrogen) atoms. The molecule has 1 aromatic heterocycles. The molecule has 7 nitrogen and oxygen atoms in total. The third-order valence-corrected chi connectivity index (χ3v) is 4.88. The summed E-state index contributed by atoms with van der Waals surface area (Å²) < 4.78 is 12.8. The summed E-state index contributed by atoms with van der Waals surface area (Å²) in [5.41, 5.74) is 1.15. The van der Waals surface area contributed by atoms with Gasteiger partial charge in [0.2, 0.25) is 5.91 Å². The SMILES string of the molecule is COc1ccc2c(c1)OC[C@@H](CNC(=O)CSc1nncn1C)C2. The van der Waals surface area contributed by atoms with Crippen molar-refractivity contribution in [3.63, 3.8) is 0 Å². The van der Waals surface area contributed by atoms with E-state index in [1.165, 1.54) is 11.8 Å². The topological polar surface area (TPSA) is 78.3 Å². The van der Waals surface area contributed by atoms with E-state index in [1.807, 2.05) is 25.2 Å². The van der Waals surface area contributed by atoms with Gasteiger partial charge in [-0.05, 0) is 18.1 Å². The molecule has 0 saturated carbocycles. The van der Waals surface area contributed by atoms with Crippen LogP contribution >= 0.6 is 11.8 Å². The van der Waals surface area contributed by atoms with Gasteiger partial charge in [0, 0.05) is 25.6 Å². The summed E-state index contributed by atoms with van der Waals surface area (Å²) in [5.74, 6) is 2.25. The van der Waals surface area contributed by atoms with Gasteiger partial charge in [0.15, 0.2) is 5.16 Å². The number of rotatable bonds is 6. The highest BCUT2D eigenvalue weighted by molar-refractivity contribution is 7.99. The van der Waals surface area contributed by atoms with Crippen LogP contribution in [0.1, 0.15) is 5.56 Å². The van der Waals surface area contributed by atoms with Gasteiger partial charge in [-0.1, -0.05) is 17.8 Å². The number of aryl methyl sites for hydroxylation is 1. The summed E-state index contributed by atoms with van der Waals surface area (Å²) in [6.45, 7) is 1.19. The first kappa shape index (κ1) is 16.6.